The van der Waals surface area contributed by atoms with Crippen LogP contribution in [0.15, 0.2) is 42.5 Å². The fraction of sp³-hybridized carbons (Fsp3) is 0.381. The van der Waals surface area contributed by atoms with Gasteiger partial charge >= 0.3 is 0 Å². The van der Waals surface area contributed by atoms with Crippen LogP contribution in [0.3, 0.4) is 0 Å². The molecule has 0 aliphatic carbocycles. The number of hydrogen-bond acceptors (Lipinski definition) is 4. The molecule has 2 aromatic carbocycles. The number of nitro benzene ring substituents is 1. The number of quaternary nitrogens is 1. The topological polar surface area (TPSA) is 98.1 Å². The minimum atomic E-state index is -0.501. The summed E-state index contributed by atoms with van der Waals surface area (Å²) >= 11 is 0. The number of non-ortho nitro benzene ring substituents is 1. The molecule has 2 aromatic rings. The van der Waals surface area contributed by atoms with Crippen LogP contribution in [0, 0.1) is 16.0 Å². The second kappa shape index (κ2) is 9.85. The average Bonchev–Trinajstić information content (AvgIpc) is 2.68. The van der Waals surface area contributed by atoms with Gasteiger partial charge in [-0.15, -0.1) is 0 Å². The molecule has 28 heavy (non-hydrogen) atoms. The van der Waals surface area contributed by atoms with Crippen LogP contribution >= 0.6 is 0 Å². The van der Waals surface area contributed by atoms with Crippen molar-refractivity contribution in [2.45, 2.75) is 33.2 Å². The number of ether oxygens (including phenoxy) is 1. The molecular formula is C21H28N3O4+. The molecule has 3 N–H and O–H groups in total. The van der Waals surface area contributed by atoms with Gasteiger partial charge in [-0.3, -0.25) is 14.9 Å². The van der Waals surface area contributed by atoms with Crippen molar-refractivity contribution in [2.75, 3.05) is 19.0 Å². The molecule has 7 nitrogen and oxygen atoms in total. The number of methoxy groups -OCH3 is 1. The lowest BCUT2D eigenvalue weighted by molar-refractivity contribution is -0.692. The molecule has 0 aliphatic heterocycles. The molecule has 150 valence electrons. The zero-order valence-corrected chi connectivity index (χ0v) is 16.8. The monoisotopic (exact) mass is 386 g/mol. The van der Waals surface area contributed by atoms with E-state index in [1.807, 2.05) is 5.32 Å². The van der Waals surface area contributed by atoms with Gasteiger partial charge in [0.15, 0.2) is 6.54 Å². The molecule has 0 bridgehead atoms. The summed E-state index contributed by atoms with van der Waals surface area (Å²) in [5, 5.41) is 15.7. The summed E-state index contributed by atoms with van der Waals surface area (Å²) in [5.41, 5.74) is 2.80. The Kier molecular flexibility index (Phi) is 7.52. The van der Waals surface area contributed by atoms with E-state index in [9.17, 15) is 14.9 Å². The SMILES string of the molecule is CCc1ccc([C@@H]([NH2+]CC(=O)Nc2ccc([N+](=O)[O-])cc2OC)C(C)C)cc1. The number of nitro groups is 1. The van der Waals surface area contributed by atoms with Gasteiger partial charge in [0.25, 0.3) is 11.6 Å². The Morgan fingerprint density at radius 1 is 1.21 bits per heavy atom. The number of carbonyl (C=O) groups is 1. The zero-order chi connectivity index (χ0) is 20.7. The van der Waals surface area contributed by atoms with E-state index in [-0.39, 0.29) is 29.9 Å². The highest BCUT2D eigenvalue weighted by Gasteiger charge is 2.21. The molecule has 0 saturated heterocycles. The van der Waals surface area contributed by atoms with Gasteiger partial charge in [-0.2, -0.15) is 0 Å². The van der Waals surface area contributed by atoms with Crippen molar-refractivity contribution < 1.29 is 19.8 Å². The van der Waals surface area contributed by atoms with E-state index in [2.05, 4.69) is 50.4 Å². The van der Waals surface area contributed by atoms with Crippen LogP contribution < -0.4 is 15.4 Å². The Morgan fingerprint density at radius 3 is 2.43 bits per heavy atom. The highest BCUT2D eigenvalue weighted by atomic mass is 16.6. The summed E-state index contributed by atoms with van der Waals surface area (Å²) in [4.78, 5) is 22.8. The van der Waals surface area contributed by atoms with E-state index in [1.165, 1.54) is 36.4 Å². The van der Waals surface area contributed by atoms with Gasteiger partial charge in [0, 0.05) is 17.5 Å². The molecule has 7 heteroatoms. The number of nitrogens with two attached hydrogens (primary N) is 1. The summed E-state index contributed by atoms with van der Waals surface area (Å²) < 4.78 is 5.16. The van der Waals surface area contributed by atoms with Gasteiger partial charge in [0.1, 0.15) is 11.8 Å². The number of anilines is 1. The lowest BCUT2D eigenvalue weighted by atomic mass is 9.95. The van der Waals surface area contributed by atoms with Crippen LogP contribution in [0.1, 0.15) is 37.9 Å². The third-order valence-corrected chi connectivity index (χ3v) is 4.72. The van der Waals surface area contributed by atoms with Crippen LogP contribution in [0.25, 0.3) is 0 Å². The number of hydrogen-bond donors (Lipinski definition) is 2. The molecule has 0 saturated carbocycles. The van der Waals surface area contributed by atoms with E-state index < -0.39 is 4.92 Å². The maximum Gasteiger partial charge on any atom is 0.279 e. The molecule has 0 aromatic heterocycles. The molecule has 2 rings (SSSR count). The number of benzene rings is 2. The normalized spacial score (nSPS) is 11.9. The van der Waals surface area contributed by atoms with E-state index >= 15 is 0 Å². The number of nitrogens with zero attached hydrogens (tertiary/aromatic N) is 1. The second-order valence-electron chi connectivity index (χ2n) is 6.99. The van der Waals surface area contributed by atoms with Gasteiger partial charge in [-0.1, -0.05) is 45.0 Å². The smallest absolute Gasteiger partial charge is 0.279 e. The summed E-state index contributed by atoms with van der Waals surface area (Å²) in [6.07, 6.45) is 0.996. The van der Waals surface area contributed by atoms with Crippen LogP contribution in [0.5, 0.6) is 5.75 Å². The Balaban J connectivity index is 2.04. The highest BCUT2D eigenvalue weighted by Crippen LogP contribution is 2.28. The minimum Gasteiger partial charge on any atom is -0.494 e. The van der Waals surface area contributed by atoms with Crippen molar-refractivity contribution in [3.05, 3.63) is 63.7 Å². The molecule has 0 aliphatic rings. The number of nitrogens with one attached hydrogen (secondary N) is 1. The number of aryl methyl sites for hydroxylation is 1. The van der Waals surface area contributed by atoms with Gasteiger partial charge in [-0.05, 0) is 18.1 Å². The molecule has 0 fully saturated rings. The third-order valence-electron chi connectivity index (χ3n) is 4.72. The highest BCUT2D eigenvalue weighted by molar-refractivity contribution is 5.93. The summed E-state index contributed by atoms with van der Waals surface area (Å²) in [5.74, 6) is 0.426. The molecule has 0 radical (unpaired) electrons. The number of amides is 1. The van der Waals surface area contributed by atoms with Crippen molar-refractivity contribution >= 4 is 17.3 Å². The summed E-state index contributed by atoms with van der Waals surface area (Å²) in [6, 6.07) is 12.8. The van der Waals surface area contributed by atoms with Crippen LogP contribution in [0.4, 0.5) is 11.4 Å². The Labute approximate surface area is 165 Å². The molecule has 1 amide bonds. The van der Waals surface area contributed by atoms with Crippen molar-refractivity contribution in [1.82, 2.24) is 0 Å². The van der Waals surface area contributed by atoms with Crippen LogP contribution in [-0.2, 0) is 11.2 Å². The number of rotatable bonds is 9. The largest absolute Gasteiger partial charge is 0.494 e. The molecule has 0 unspecified atom stereocenters. The minimum absolute atomic E-state index is 0.0863. The molecule has 0 spiro atoms. The third kappa shape index (κ3) is 5.53. The Bertz CT molecular complexity index is 819. The predicted octanol–water partition coefficient (Wildman–Crippen LogP) is 3.07. The predicted molar refractivity (Wildman–Crippen MR) is 108 cm³/mol. The van der Waals surface area contributed by atoms with Gasteiger partial charge in [0.2, 0.25) is 0 Å². The number of carbonyl (C=O) groups excluding carboxylic acids is 1. The Morgan fingerprint density at radius 2 is 1.89 bits per heavy atom. The first-order valence-corrected chi connectivity index (χ1v) is 9.40. The zero-order valence-electron chi connectivity index (χ0n) is 16.8. The summed E-state index contributed by atoms with van der Waals surface area (Å²) in [7, 11) is 1.41. The van der Waals surface area contributed by atoms with Gasteiger partial charge < -0.3 is 15.4 Å². The van der Waals surface area contributed by atoms with Crippen molar-refractivity contribution in [1.29, 1.82) is 0 Å². The molecule has 0 heterocycles. The van der Waals surface area contributed by atoms with E-state index in [0.29, 0.717) is 11.6 Å². The van der Waals surface area contributed by atoms with Crippen molar-refractivity contribution in [3.8, 4) is 5.75 Å². The quantitative estimate of drug-likeness (QED) is 0.511. The van der Waals surface area contributed by atoms with Crippen LogP contribution in [-0.4, -0.2) is 24.5 Å². The molecule has 1 atom stereocenters. The first-order chi connectivity index (χ1) is 13.3. The molecular weight excluding hydrogens is 358 g/mol. The first kappa shape index (κ1) is 21.4. The fourth-order valence-electron chi connectivity index (χ4n) is 3.10. The van der Waals surface area contributed by atoms with E-state index in [1.54, 1.807) is 0 Å². The van der Waals surface area contributed by atoms with E-state index in [0.717, 1.165) is 6.42 Å². The fourth-order valence-corrected chi connectivity index (χ4v) is 3.10. The maximum absolute atomic E-state index is 12.4. The van der Waals surface area contributed by atoms with E-state index in [4.69, 9.17) is 4.74 Å². The van der Waals surface area contributed by atoms with Crippen LogP contribution in [0.2, 0.25) is 0 Å². The maximum atomic E-state index is 12.4. The average molecular weight is 386 g/mol. The van der Waals surface area contributed by atoms with Crippen molar-refractivity contribution in [2.24, 2.45) is 5.92 Å². The standard InChI is InChI=1S/C21H27N3O4/c1-5-15-6-8-16(9-7-15)21(14(2)3)22-13-20(25)23-18-11-10-17(24(26)27)12-19(18)28-4/h6-12,14,21-22H,5,13H2,1-4H3,(H,23,25)/p+1/t21-/m0/s1. The van der Waals surface area contributed by atoms with Gasteiger partial charge in [0.05, 0.1) is 23.8 Å². The lowest BCUT2D eigenvalue weighted by Crippen LogP contribution is -2.88. The lowest BCUT2D eigenvalue weighted by Gasteiger charge is -2.20. The summed E-state index contributed by atoms with van der Waals surface area (Å²) in [6.45, 7) is 6.62. The van der Waals surface area contributed by atoms with Crippen molar-refractivity contribution in [3.63, 3.8) is 0 Å². The van der Waals surface area contributed by atoms with Gasteiger partial charge in [-0.25, -0.2) is 0 Å². The first-order valence-electron chi connectivity index (χ1n) is 9.40. The Hall–Kier alpha value is -2.93. The second-order valence-corrected chi connectivity index (χ2v) is 6.99.